The lowest BCUT2D eigenvalue weighted by molar-refractivity contribution is 0.0695. The number of carbonyl (C=O) groups is 1. The molecule has 0 atom stereocenters. The van der Waals surface area contributed by atoms with Gasteiger partial charge in [0.2, 0.25) is 5.09 Å². The van der Waals surface area contributed by atoms with Crippen LogP contribution in [-0.4, -0.2) is 38.0 Å². The molecule has 0 aliphatic carbocycles. The predicted molar refractivity (Wildman–Crippen MR) is 64.0 cm³/mol. The third-order valence-corrected chi connectivity index (χ3v) is 3.92. The minimum absolute atomic E-state index is 0.0720. The lowest BCUT2D eigenvalue weighted by Crippen LogP contribution is -2.25. The normalized spacial score (nSPS) is 11.6. The van der Waals surface area contributed by atoms with Crippen LogP contribution < -0.4 is 4.72 Å². The van der Waals surface area contributed by atoms with Gasteiger partial charge in [0.25, 0.3) is 10.0 Å². The highest BCUT2D eigenvalue weighted by molar-refractivity contribution is 7.98. The van der Waals surface area contributed by atoms with Crippen molar-refractivity contribution in [2.45, 2.75) is 12.0 Å². The molecule has 0 fully saturated rings. The summed E-state index contributed by atoms with van der Waals surface area (Å²) >= 11 is 1.50. The van der Waals surface area contributed by atoms with Crippen LogP contribution in [0.15, 0.2) is 15.6 Å². The molecule has 1 rings (SSSR count). The average molecular weight is 279 g/mol. The van der Waals surface area contributed by atoms with Crippen molar-refractivity contribution in [1.29, 1.82) is 0 Å². The minimum Gasteiger partial charge on any atom is -0.478 e. The van der Waals surface area contributed by atoms with Gasteiger partial charge in [-0.1, -0.05) is 0 Å². The number of rotatable bonds is 6. The first-order valence-corrected chi connectivity index (χ1v) is 7.58. The molecular weight excluding hydrogens is 266 g/mol. The Morgan fingerprint density at radius 3 is 2.71 bits per heavy atom. The van der Waals surface area contributed by atoms with Crippen molar-refractivity contribution in [3.05, 3.63) is 17.4 Å². The molecule has 0 unspecified atom stereocenters. The highest BCUT2D eigenvalue weighted by Crippen LogP contribution is 2.18. The first kappa shape index (κ1) is 14.1. The fourth-order valence-corrected chi connectivity index (χ4v) is 2.60. The van der Waals surface area contributed by atoms with Crippen LogP contribution in [0.4, 0.5) is 0 Å². The van der Waals surface area contributed by atoms with Gasteiger partial charge in [0.1, 0.15) is 11.3 Å². The third kappa shape index (κ3) is 3.48. The number of aryl methyl sites for hydroxylation is 1. The summed E-state index contributed by atoms with van der Waals surface area (Å²) in [5.74, 6) is -0.510. The number of sulfonamides is 1. The van der Waals surface area contributed by atoms with Gasteiger partial charge < -0.3 is 9.52 Å². The number of nitrogens with one attached hydrogen (secondary N) is 1. The Hall–Kier alpha value is -0.990. The van der Waals surface area contributed by atoms with Gasteiger partial charge in [-0.3, -0.25) is 0 Å². The Bertz CT molecular complexity index is 505. The number of carboxylic acid groups (broad SMARTS) is 1. The van der Waals surface area contributed by atoms with Crippen LogP contribution in [0, 0.1) is 6.92 Å². The Morgan fingerprint density at radius 1 is 1.59 bits per heavy atom. The largest absolute Gasteiger partial charge is 0.478 e. The van der Waals surface area contributed by atoms with Crippen molar-refractivity contribution >= 4 is 27.8 Å². The van der Waals surface area contributed by atoms with Crippen molar-refractivity contribution in [1.82, 2.24) is 4.72 Å². The molecule has 96 valence electrons. The van der Waals surface area contributed by atoms with Crippen LogP contribution in [0.1, 0.15) is 16.1 Å². The van der Waals surface area contributed by atoms with Crippen molar-refractivity contribution in [2.24, 2.45) is 0 Å². The molecule has 0 radical (unpaired) electrons. The van der Waals surface area contributed by atoms with Crippen LogP contribution >= 0.6 is 11.8 Å². The topological polar surface area (TPSA) is 96.6 Å². The van der Waals surface area contributed by atoms with E-state index in [0.29, 0.717) is 5.75 Å². The van der Waals surface area contributed by atoms with E-state index < -0.39 is 16.0 Å². The summed E-state index contributed by atoms with van der Waals surface area (Å²) in [5.41, 5.74) is -0.143. The van der Waals surface area contributed by atoms with E-state index in [1.807, 2.05) is 6.26 Å². The van der Waals surface area contributed by atoms with Crippen molar-refractivity contribution in [2.75, 3.05) is 18.6 Å². The molecule has 0 bridgehead atoms. The molecule has 17 heavy (non-hydrogen) atoms. The first-order chi connectivity index (χ1) is 7.88. The zero-order chi connectivity index (χ0) is 13.1. The van der Waals surface area contributed by atoms with E-state index >= 15 is 0 Å². The summed E-state index contributed by atoms with van der Waals surface area (Å²) in [6.07, 6.45) is 1.86. The monoisotopic (exact) mass is 279 g/mol. The molecule has 1 heterocycles. The van der Waals surface area contributed by atoms with Gasteiger partial charge in [0, 0.05) is 18.4 Å². The van der Waals surface area contributed by atoms with Gasteiger partial charge in [-0.05, 0) is 13.2 Å². The molecule has 0 amide bonds. The summed E-state index contributed by atoms with van der Waals surface area (Å²) in [6.45, 7) is 1.68. The lowest BCUT2D eigenvalue weighted by Gasteiger charge is -2.01. The molecule has 8 heteroatoms. The van der Waals surface area contributed by atoms with Gasteiger partial charge in [-0.25, -0.2) is 17.9 Å². The summed E-state index contributed by atoms with van der Waals surface area (Å²) in [5, 5.41) is 8.41. The quantitative estimate of drug-likeness (QED) is 0.752. The summed E-state index contributed by atoms with van der Waals surface area (Å²) in [4.78, 5) is 10.7. The molecule has 1 aromatic rings. The van der Waals surface area contributed by atoms with Crippen molar-refractivity contribution < 1.29 is 22.7 Å². The number of thioether (sulfide) groups is 1. The Labute approximate surface area is 103 Å². The molecule has 2 N–H and O–H groups in total. The van der Waals surface area contributed by atoms with E-state index in [4.69, 9.17) is 9.52 Å². The zero-order valence-corrected chi connectivity index (χ0v) is 11.0. The molecule has 0 saturated carbocycles. The fourth-order valence-electron chi connectivity index (χ4n) is 1.15. The smallest absolute Gasteiger partial charge is 0.339 e. The second kappa shape index (κ2) is 5.56. The number of hydrogen-bond acceptors (Lipinski definition) is 5. The van der Waals surface area contributed by atoms with Crippen molar-refractivity contribution in [3.63, 3.8) is 0 Å². The van der Waals surface area contributed by atoms with Crippen LogP contribution in [0.3, 0.4) is 0 Å². The second-order valence-corrected chi connectivity index (χ2v) is 5.91. The van der Waals surface area contributed by atoms with E-state index in [1.165, 1.54) is 18.7 Å². The fraction of sp³-hybridized carbons (Fsp3) is 0.444. The molecule has 0 aromatic carbocycles. The average Bonchev–Trinajstić information content (AvgIpc) is 2.61. The van der Waals surface area contributed by atoms with Gasteiger partial charge in [0.05, 0.1) is 0 Å². The molecule has 6 nitrogen and oxygen atoms in total. The van der Waals surface area contributed by atoms with E-state index in [0.717, 1.165) is 6.07 Å². The molecular formula is C9H13NO5S2. The Kier molecular flexibility index (Phi) is 4.61. The highest BCUT2D eigenvalue weighted by atomic mass is 32.2. The van der Waals surface area contributed by atoms with Gasteiger partial charge in [0.15, 0.2) is 0 Å². The second-order valence-electron chi connectivity index (χ2n) is 3.23. The van der Waals surface area contributed by atoms with E-state index in [9.17, 15) is 13.2 Å². The van der Waals surface area contributed by atoms with E-state index in [-0.39, 0.29) is 23.0 Å². The number of aromatic carboxylic acids is 1. The third-order valence-electron chi connectivity index (χ3n) is 1.99. The molecule has 1 aromatic heterocycles. The standard InChI is InChI=1S/C9H13NO5S2/c1-6-7(9(11)12)5-8(15-6)17(13,14)10-3-4-16-2/h5,10H,3-4H2,1-2H3,(H,11,12). The SMILES string of the molecule is CSCCNS(=O)(=O)c1cc(C(=O)O)c(C)o1. The van der Waals surface area contributed by atoms with E-state index in [2.05, 4.69) is 4.72 Å². The zero-order valence-electron chi connectivity index (χ0n) is 9.39. The van der Waals surface area contributed by atoms with Crippen LogP contribution in [-0.2, 0) is 10.0 Å². The summed E-state index contributed by atoms with van der Waals surface area (Å²) in [6, 6.07) is 1.01. The van der Waals surface area contributed by atoms with Crippen LogP contribution in [0.25, 0.3) is 0 Å². The first-order valence-electron chi connectivity index (χ1n) is 4.71. The van der Waals surface area contributed by atoms with Gasteiger partial charge >= 0.3 is 5.97 Å². The molecule has 0 saturated heterocycles. The maximum atomic E-state index is 11.7. The van der Waals surface area contributed by atoms with Crippen LogP contribution in [0.2, 0.25) is 0 Å². The summed E-state index contributed by atoms with van der Waals surface area (Å²) in [7, 11) is -3.76. The predicted octanol–water partition coefficient (Wildman–Crippen LogP) is 0.928. The van der Waals surface area contributed by atoms with Gasteiger partial charge in [-0.2, -0.15) is 11.8 Å². The van der Waals surface area contributed by atoms with Crippen molar-refractivity contribution in [3.8, 4) is 0 Å². The Balaban J connectivity index is 2.92. The number of furan rings is 1. The number of carboxylic acids is 1. The summed E-state index contributed by atoms with van der Waals surface area (Å²) < 4.78 is 30.6. The molecule has 0 aliphatic heterocycles. The van der Waals surface area contributed by atoms with Crippen LogP contribution in [0.5, 0.6) is 0 Å². The highest BCUT2D eigenvalue weighted by Gasteiger charge is 2.22. The molecule has 0 aliphatic rings. The maximum absolute atomic E-state index is 11.7. The maximum Gasteiger partial charge on any atom is 0.339 e. The lowest BCUT2D eigenvalue weighted by atomic mass is 10.3. The number of hydrogen-bond donors (Lipinski definition) is 2. The van der Waals surface area contributed by atoms with Gasteiger partial charge in [-0.15, -0.1) is 0 Å². The van der Waals surface area contributed by atoms with E-state index in [1.54, 1.807) is 0 Å². The Morgan fingerprint density at radius 2 is 2.24 bits per heavy atom. The minimum atomic E-state index is -3.76. The molecule has 0 spiro atoms.